The highest BCUT2D eigenvalue weighted by molar-refractivity contribution is 7.14. The summed E-state index contributed by atoms with van der Waals surface area (Å²) in [7, 11) is 0. The van der Waals surface area contributed by atoms with Gasteiger partial charge in [-0.15, -0.1) is 11.3 Å². The van der Waals surface area contributed by atoms with Gasteiger partial charge in [-0.25, -0.2) is 19.9 Å². The molecule has 1 aliphatic heterocycles. The molecule has 0 spiro atoms. The van der Waals surface area contributed by atoms with Gasteiger partial charge in [-0.3, -0.25) is 4.79 Å². The largest absolute Gasteiger partial charge is 0.493 e. The van der Waals surface area contributed by atoms with E-state index in [0.29, 0.717) is 23.2 Å². The Kier molecular flexibility index (Phi) is 4.32. The van der Waals surface area contributed by atoms with Gasteiger partial charge in [0.15, 0.2) is 16.6 Å². The highest BCUT2D eigenvalue weighted by Crippen LogP contribution is 2.36. The lowest BCUT2D eigenvalue weighted by molar-refractivity contribution is -0.119. The molecule has 1 aliphatic rings. The van der Waals surface area contributed by atoms with Crippen LogP contribution in [0.4, 0.5) is 10.9 Å². The zero-order chi connectivity index (χ0) is 19.8. The average Bonchev–Trinajstić information content (AvgIpc) is 3.38. The van der Waals surface area contributed by atoms with Crippen LogP contribution in [0, 0.1) is 0 Å². The molecule has 1 atom stereocenters. The van der Waals surface area contributed by atoms with Crippen molar-refractivity contribution in [3.05, 3.63) is 41.8 Å². The second-order valence-electron chi connectivity index (χ2n) is 6.63. The van der Waals surface area contributed by atoms with E-state index in [1.165, 1.54) is 24.6 Å². The quantitative estimate of drug-likeness (QED) is 0.475. The number of aromatic nitrogens is 5. The van der Waals surface area contributed by atoms with Crippen molar-refractivity contribution in [1.29, 1.82) is 0 Å². The molecule has 1 unspecified atom stereocenters. The molecule has 0 fully saturated rings. The van der Waals surface area contributed by atoms with Crippen LogP contribution in [0.2, 0.25) is 0 Å². The van der Waals surface area contributed by atoms with E-state index in [0.717, 1.165) is 34.5 Å². The molecule has 4 heterocycles. The lowest BCUT2D eigenvalue weighted by atomic mass is 9.97. The normalized spacial score (nSPS) is 15.6. The number of amides is 1. The first-order valence-corrected chi connectivity index (χ1v) is 9.96. The molecule has 146 valence electrons. The lowest BCUT2D eigenvalue weighted by Gasteiger charge is -2.26. The van der Waals surface area contributed by atoms with E-state index < -0.39 is 0 Å². The van der Waals surface area contributed by atoms with Crippen molar-refractivity contribution in [2.24, 2.45) is 0 Å². The second-order valence-corrected chi connectivity index (χ2v) is 7.49. The zero-order valence-electron chi connectivity index (χ0n) is 15.5. The van der Waals surface area contributed by atoms with E-state index in [2.05, 4.69) is 35.6 Å². The summed E-state index contributed by atoms with van der Waals surface area (Å²) >= 11 is 1.48. The van der Waals surface area contributed by atoms with Crippen LogP contribution in [0.1, 0.15) is 24.9 Å². The number of imidazole rings is 1. The van der Waals surface area contributed by atoms with Gasteiger partial charge < -0.3 is 20.4 Å². The Morgan fingerprint density at radius 3 is 3.14 bits per heavy atom. The number of anilines is 2. The molecule has 5 rings (SSSR count). The molecule has 0 saturated heterocycles. The second kappa shape index (κ2) is 7.13. The minimum Gasteiger partial charge on any atom is -0.493 e. The summed E-state index contributed by atoms with van der Waals surface area (Å²) in [5.74, 6) is 1.37. The third kappa shape index (κ3) is 3.38. The maximum Gasteiger partial charge on any atom is 0.217 e. The number of hydrogen-bond acceptors (Lipinski definition) is 8. The Hall–Kier alpha value is -3.53. The minimum absolute atomic E-state index is 0.0524. The summed E-state index contributed by atoms with van der Waals surface area (Å²) in [5.41, 5.74) is 4.10. The van der Waals surface area contributed by atoms with Crippen LogP contribution in [-0.2, 0) is 4.79 Å². The number of H-pyrrole nitrogens is 1. The van der Waals surface area contributed by atoms with Gasteiger partial charge in [0.05, 0.1) is 24.7 Å². The van der Waals surface area contributed by atoms with Crippen LogP contribution in [-0.4, -0.2) is 37.4 Å². The molecule has 4 aromatic rings. The third-order valence-electron chi connectivity index (χ3n) is 4.68. The molecule has 0 bridgehead atoms. The summed E-state index contributed by atoms with van der Waals surface area (Å²) in [6.45, 7) is 2.12. The number of aromatic amines is 1. The molecular weight excluding hydrogens is 390 g/mol. The van der Waals surface area contributed by atoms with Crippen molar-refractivity contribution < 1.29 is 9.53 Å². The van der Waals surface area contributed by atoms with Crippen LogP contribution in [0.5, 0.6) is 5.75 Å². The summed E-state index contributed by atoms with van der Waals surface area (Å²) in [6, 6.07) is 5.89. The molecular formula is C19H17N7O2S. The van der Waals surface area contributed by atoms with Gasteiger partial charge in [-0.1, -0.05) is 0 Å². The first-order chi connectivity index (χ1) is 14.2. The number of rotatable bonds is 4. The number of benzene rings is 1. The number of ether oxygens (including phenoxy) is 1. The van der Waals surface area contributed by atoms with Gasteiger partial charge in [0.1, 0.15) is 17.6 Å². The SMILES string of the molecule is CC(=O)NC1CCOc2ccc(-c3csc(Nc4ncnc5nc[nH]c45)n3)cc21. The van der Waals surface area contributed by atoms with Crippen molar-refractivity contribution in [3.63, 3.8) is 0 Å². The Labute approximate surface area is 169 Å². The van der Waals surface area contributed by atoms with Gasteiger partial charge in [0.25, 0.3) is 0 Å². The summed E-state index contributed by atoms with van der Waals surface area (Å²) in [4.78, 5) is 31.8. The molecule has 0 radical (unpaired) electrons. The number of carbonyl (C=O) groups is 1. The molecule has 10 heteroatoms. The number of nitrogens with zero attached hydrogens (tertiary/aromatic N) is 4. The predicted molar refractivity (Wildman–Crippen MR) is 109 cm³/mol. The highest BCUT2D eigenvalue weighted by Gasteiger charge is 2.23. The third-order valence-corrected chi connectivity index (χ3v) is 5.43. The average molecular weight is 407 g/mol. The van der Waals surface area contributed by atoms with Crippen molar-refractivity contribution >= 4 is 39.4 Å². The zero-order valence-corrected chi connectivity index (χ0v) is 16.3. The minimum atomic E-state index is -0.0536. The summed E-state index contributed by atoms with van der Waals surface area (Å²) in [6.07, 6.45) is 3.79. The topological polar surface area (TPSA) is 118 Å². The van der Waals surface area contributed by atoms with Crippen molar-refractivity contribution in [2.45, 2.75) is 19.4 Å². The van der Waals surface area contributed by atoms with Gasteiger partial charge in [-0.2, -0.15) is 0 Å². The smallest absolute Gasteiger partial charge is 0.217 e. The highest BCUT2D eigenvalue weighted by atomic mass is 32.1. The van der Waals surface area contributed by atoms with E-state index in [1.54, 1.807) is 6.33 Å². The fourth-order valence-corrected chi connectivity index (χ4v) is 4.09. The number of fused-ring (bicyclic) bond motifs is 2. The standard InChI is InChI=1S/C19H17N7O2S/c1-10(27)24-13-4-5-28-15-3-2-11(6-12(13)15)14-7-29-19(25-14)26-18-16-17(21-8-20-16)22-9-23-18/h2-3,6-9,13H,4-5H2,1H3,(H,24,27)(H2,20,21,22,23,25,26). The molecule has 0 aliphatic carbocycles. The van der Waals surface area contributed by atoms with Gasteiger partial charge in [0.2, 0.25) is 5.91 Å². The Bertz CT molecular complexity index is 1200. The molecule has 9 nitrogen and oxygen atoms in total. The van der Waals surface area contributed by atoms with Crippen molar-refractivity contribution in [1.82, 2.24) is 30.2 Å². The molecule has 1 amide bonds. The summed E-state index contributed by atoms with van der Waals surface area (Å²) in [5, 5.41) is 8.91. The van der Waals surface area contributed by atoms with Gasteiger partial charge >= 0.3 is 0 Å². The van der Waals surface area contributed by atoms with E-state index in [9.17, 15) is 4.79 Å². The predicted octanol–water partition coefficient (Wildman–Crippen LogP) is 3.18. The molecule has 29 heavy (non-hydrogen) atoms. The lowest BCUT2D eigenvalue weighted by Crippen LogP contribution is -2.30. The van der Waals surface area contributed by atoms with E-state index in [-0.39, 0.29) is 11.9 Å². The molecule has 3 aromatic heterocycles. The number of hydrogen-bond donors (Lipinski definition) is 3. The maximum atomic E-state index is 11.5. The Balaban J connectivity index is 1.43. The van der Waals surface area contributed by atoms with Crippen molar-refractivity contribution in [2.75, 3.05) is 11.9 Å². The van der Waals surface area contributed by atoms with Crippen LogP contribution < -0.4 is 15.4 Å². The number of thiazole rings is 1. The van der Waals surface area contributed by atoms with Gasteiger partial charge in [0, 0.05) is 29.9 Å². The van der Waals surface area contributed by atoms with E-state index in [1.807, 2.05) is 23.6 Å². The fourth-order valence-electron chi connectivity index (χ4n) is 3.37. The maximum absolute atomic E-state index is 11.5. The first-order valence-electron chi connectivity index (χ1n) is 9.08. The summed E-state index contributed by atoms with van der Waals surface area (Å²) < 4.78 is 5.74. The monoisotopic (exact) mass is 407 g/mol. The first kappa shape index (κ1) is 17.6. The van der Waals surface area contributed by atoms with Crippen molar-refractivity contribution in [3.8, 4) is 17.0 Å². The van der Waals surface area contributed by atoms with Crippen LogP contribution in [0.15, 0.2) is 36.2 Å². The fraction of sp³-hybridized carbons (Fsp3) is 0.211. The van der Waals surface area contributed by atoms with Crippen LogP contribution in [0.25, 0.3) is 22.4 Å². The van der Waals surface area contributed by atoms with Crippen LogP contribution in [0.3, 0.4) is 0 Å². The van der Waals surface area contributed by atoms with Crippen LogP contribution >= 0.6 is 11.3 Å². The molecule has 3 N–H and O–H groups in total. The molecule has 0 saturated carbocycles. The molecule has 1 aromatic carbocycles. The number of nitrogens with one attached hydrogen (secondary N) is 3. The number of carbonyl (C=O) groups excluding carboxylic acids is 1. The van der Waals surface area contributed by atoms with E-state index >= 15 is 0 Å². The van der Waals surface area contributed by atoms with Gasteiger partial charge in [-0.05, 0) is 18.2 Å². The van der Waals surface area contributed by atoms with E-state index in [4.69, 9.17) is 4.74 Å². The Morgan fingerprint density at radius 1 is 1.31 bits per heavy atom. The Morgan fingerprint density at radius 2 is 2.24 bits per heavy atom.